The van der Waals surface area contributed by atoms with Crippen LogP contribution in [0.2, 0.25) is 0 Å². The van der Waals surface area contributed by atoms with Crippen LogP contribution in [-0.4, -0.2) is 31.7 Å². The number of rotatable bonds is 5. The lowest BCUT2D eigenvalue weighted by Crippen LogP contribution is -2.49. The molecule has 1 aliphatic carbocycles. The molecule has 2 N–H and O–H groups in total. The first kappa shape index (κ1) is 13.6. The minimum Gasteiger partial charge on any atom is -0.319 e. The Hall–Kier alpha value is -0.420. The molecule has 1 fully saturated rings. The van der Waals surface area contributed by atoms with E-state index in [1.165, 1.54) is 6.26 Å². The molecule has 1 saturated carbocycles. The molecule has 16 heavy (non-hydrogen) atoms. The molecule has 94 valence electrons. The Bertz CT molecular complexity index is 342. The van der Waals surface area contributed by atoms with Crippen LogP contribution in [0.5, 0.6) is 0 Å². The van der Waals surface area contributed by atoms with Gasteiger partial charge in [-0.05, 0) is 19.3 Å². The zero-order chi connectivity index (χ0) is 12.2. The minimum atomic E-state index is -2.96. The van der Waals surface area contributed by atoms with Crippen LogP contribution in [0.1, 0.15) is 44.9 Å². The molecule has 0 heterocycles. The fourth-order valence-electron chi connectivity index (χ4n) is 2.21. The third kappa shape index (κ3) is 4.22. The Morgan fingerprint density at radius 2 is 1.81 bits per heavy atom. The molecular weight excluding hydrogens is 226 g/mol. The largest absolute Gasteiger partial charge is 0.319 e. The summed E-state index contributed by atoms with van der Waals surface area (Å²) in [5.74, 6) is 0.116. The molecule has 5 heteroatoms. The van der Waals surface area contributed by atoms with Crippen molar-refractivity contribution in [3.63, 3.8) is 0 Å². The van der Waals surface area contributed by atoms with Gasteiger partial charge in [0.1, 0.15) is 9.84 Å². The molecule has 0 saturated heterocycles. The zero-order valence-electron chi connectivity index (χ0n) is 9.87. The first-order valence-electron chi connectivity index (χ1n) is 5.83. The molecule has 0 bridgehead atoms. The number of hydrogen-bond donors (Lipinski definition) is 1. The van der Waals surface area contributed by atoms with Gasteiger partial charge in [0, 0.05) is 12.7 Å². The summed E-state index contributed by atoms with van der Waals surface area (Å²) < 4.78 is 21.9. The summed E-state index contributed by atoms with van der Waals surface area (Å²) in [6, 6.07) is 0. The van der Waals surface area contributed by atoms with Crippen LogP contribution >= 0.6 is 0 Å². The molecule has 0 aromatic carbocycles. The van der Waals surface area contributed by atoms with Gasteiger partial charge in [-0.3, -0.25) is 4.79 Å². The van der Waals surface area contributed by atoms with Crippen molar-refractivity contribution in [1.82, 2.24) is 0 Å². The van der Waals surface area contributed by atoms with E-state index in [0.29, 0.717) is 12.8 Å². The number of carbonyl (C=O) groups is 1. The number of nitrogens with two attached hydrogens (primary N) is 1. The molecule has 0 unspecified atom stereocenters. The normalized spacial score (nSPS) is 20.6. The monoisotopic (exact) mass is 247 g/mol. The average Bonchev–Trinajstić information content (AvgIpc) is 2.16. The van der Waals surface area contributed by atoms with Gasteiger partial charge in [-0.1, -0.05) is 19.3 Å². The second-order valence-corrected chi connectivity index (χ2v) is 7.13. The van der Waals surface area contributed by atoms with Gasteiger partial charge in [0.2, 0.25) is 0 Å². The third-order valence-corrected chi connectivity index (χ3v) is 4.25. The van der Waals surface area contributed by atoms with Gasteiger partial charge < -0.3 is 5.73 Å². The first-order valence-corrected chi connectivity index (χ1v) is 7.89. The van der Waals surface area contributed by atoms with E-state index in [0.717, 1.165) is 32.1 Å². The third-order valence-electron chi connectivity index (χ3n) is 3.22. The van der Waals surface area contributed by atoms with Crippen LogP contribution in [0.25, 0.3) is 0 Å². The second kappa shape index (κ2) is 5.27. The molecule has 0 atom stereocenters. The summed E-state index contributed by atoms with van der Waals surface area (Å²) in [5.41, 5.74) is 5.38. The molecule has 0 aromatic rings. The Balaban J connectivity index is 2.39. The van der Waals surface area contributed by atoms with Crippen LogP contribution < -0.4 is 5.73 Å². The quantitative estimate of drug-likeness (QED) is 0.787. The topological polar surface area (TPSA) is 77.2 Å². The van der Waals surface area contributed by atoms with Crippen molar-refractivity contribution < 1.29 is 13.2 Å². The molecule has 0 spiro atoms. The lowest BCUT2D eigenvalue weighted by Gasteiger charge is -2.31. The highest BCUT2D eigenvalue weighted by molar-refractivity contribution is 7.90. The molecular formula is C11H21NO3S. The summed E-state index contributed by atoms with van der Waals surface area (Å²) in [6.07, 6.45) is 6.56. The summed E-state index contributed by atoms with van der Waals surface area (Å²) in [4.78, 5) is 11.9. The van der Waals surface area contributed by atoms with Gasteiger partial charge in [-0.15, -0.1) is 0 Å². The molecule has 0 radical (unpaired) electrons. The van der Waals surface area contributed by atoms with Crippen LogP contribution in [0.3, 0.4) is 0 Å². The lowest BCUT2D eigenvalue weighted by molar-refractivity contribution is -0.125. The van der Waals surface area contributed by atoms with E-state index in [2.05, 4.69) is 0 Å². The maximum absolute atomic E-state index is 11.9. The Morgan fingerprint density at radius 3 is 2.31 bits per heavy atom. The van der Waals surface area contributed by atoms with E-state index in [1.807, 2.05) is 0 Å². The molecule has 1 rings (SSSR count). The molecule has 0 amide bonds. The van der Waals surface area contributed by atoms with Gasteiger partial charge >= 0.3 is 0 Å². The van der Waals surface area contributed by atoms with Crippen molar-refractivity contribution >= 4 is 15.6 Å². The van der Waals surface area contributed by atoms with Crippen molar-refractivity contribution in [1.29, 1.82) is 0 Å². The van der Waals surface area contributed by atoms with Gasteiger partial charge in [0.05, 0.1) is 11.3 Å². The fraction of sp³-hybridized carbons (Fsp3) is 0.909. The van der Waals surface area contributed by atoms with Crippen molar-refractivity contribution in [3.05, 3.63) is 0 Å². The number of ketones is 1. The van der Waals surface area contributed by atoms with E-state index in [-0.39, 0.29) is 11.5 Å². The summed E-state index contributed by atoms with van der Waals surface area (Å²) in [7, 11) is -2.96. The molecule has 0 aromatic heterocycles. The van der Waals surface area contributed by atoms with E-state index in [4.69, 9.17) is 5.73 Å². The highest BCUT2D eigenvalue weighted by atomic mass is 32.2. The highest BCUT2D eigenvalue weighted by Crippen LogP contribution is 2.27. The maximum atomic E-state index is 11.9. The van der Waals surface area contributed by atoms with Gasteiger partial charge in [-0.25, -0.2) is 8.42 Å². The van der Waals surface area contributed by atoms with Crippen molar-refractivity contribution in [2.24, 2.45) is 5.73 Å². The molecule has 0 aliphatic heterocycles. The van der Waals surface area contributed by atoms with E-state index in [1.54, 1.807) is 0 Å². The van der Waals surface area contributed by atoms with Gasteiger partial charge in [0.15, 0.2) is 5.78 Å². The number of hydrogen-bond acceptors (Lipinski definition) is 4. The lowest BCUT2D eigenvalue weighted by atomic mass is 9.78. The maximum Gasteiger partial charge on any atom is 0.152 e. The Morgan fingerprint density at radius 1 is 1.25 bits per heavy atom. The molecule has 1 aliphatic rings. The van der Waals surface area contributed by atoms with Crippen LogP contribution in [0, 0.1) is 0 Å². The number of carbonyl (C=O) groups excluding carboxylic acids is 1. The van der Waals surface area contributed by atoms with Crippen molar-refractivity contribution in [2.75, 3.05) is 12.0 Å². The number of sulfone groups is 1. The predicted molar refractivity (Wildman–Crippen MR) is 64.0 cm³/mol. The second-order valence-electron chi connectivity index (χ2n) is 4.87. The smallest absolute Gasteiger partial charge is 0.152 e. The van der Waals surface area contributed by atoms with Crippen molar-refractivity contribution in [3.8, 4) is 0 Å². The first-order chi connectivity index (χ1) is 7.33. The van der Waals surface area contributed by atoms with Gasteiger partial charge in [0.25, 0.3) is 0 Å². The fourth-order valence-corrected chi connectivity index (χ4v) is 2.87. The summed E-state index contributed by atoms with van der Waals surface area (Å²) >= 11 is 0. The minimum absolute atomic E-state index is 0.0378. The van der Waals surface area contributed by atoms with Gasteiger partial charge in [-0.2, -0.15) is 0 Å². The van der Waals surface area contributed by atoms with Crippen LogP contribution in [-0.2, 0) is 14.6 Å². The Labute approximate surface area is 97.5 Å². The van der Waals surface area contributed by atoms with Crippen molar-refractivity contribution in [2.45, 2.75) is 50.5 Å². The average molecular weight is 247 g/mol. The van der Waals surface area contributed by atoms with E-state index >= 15 is 0 Å². The molecule has 4 nitrogen and oxygen atoms in total. The van der Waals surface area contributed by atoms with Crippen LogP contribution in [0.4, 0.5) is 0 Å². The predicted octanol–water partition coefficient (Wildman–Crippen LogP) is 1.04. The number of Topliss-reactive ketones (excluding diaryl/α,β-unsaturated/α-hetero) is 1. The zero-order valence-corrected chi connectivity index (χ0v) is 10.7. The summed E-state index contributed by atoms with van der Waals surface area (Å²) in [5, 5.41) is 0. The van der Waals surface area contributed by atoms with Crippen LogP contribution in [0.15, 0.2) is 0 Å². The van der Waals surface area contributed by atoms with E-state index in [9.17, 15) is 13.2 Å². The highest BCUT2D eigenvalue weighted by Gasteiger charge is 2.34. The summed E-state index contributed by atoms with van der Waals surface area (Å²) in [6.45, 7) is 0. The standard InChI is InChI=1S/C11H21NO3S/c1-16(14,15)9-5-6-10(13)11(12)7-3-2-4-8-11/h2-9,12H2,1H3. The SMILES string of the molecule is CS(=O)(=O)CCCC(=O)C1(N)CCCCC1. The Kier molecular flexibility index (Phi) is 4.50. The van der Waals surface area contributed by atoms with E-state index < -0.39 is 15.4 Å².